The number of nitrogens with zero attached hydrogens (tertiary/aromatic N) is 2. The maximum absolute atomic E-state index is 8.86. The number of nitriles is 1. The van der Waals surface area contributed by atoms with Gasteiger partial charge in [-0.25, -0.2) is 0 Å². The van der Waals surface area contributed by atoms with E-state index in [1.807, 2.05) is 0 Å². The highest BCUT2D eigenvalue weighted by Gasteiger charge is 2.29. The second-order valence-corrected chi connectivity index (χ2v) is 5.64. The molecule has 2 fully saturated rings. The van der Waals surface area contributed by atoms with Crippen LogP contribution in [-0.4, -0.2) is 36.1 Å². The van der Waals surface area contributed by atoms with Crippen molar-refractivity contribution in [1.82, 2.24) is 10.2 Å². The topological polar surface area (TPSA) is 39.1 Å². The van der Waals surface area contributed by atoms with E-state index in [0.717, 1.165) is 19.1 Å². The van der Waals surface area contributed by atoms with Crippen molar-refractivity contribution in [2.45, 2.75) is 70.0 Å². The summed E-state index contributed by atoms with van der Waals surface area (Å²) in [5.41, 5.74) is 0. The summed E-state index contributed by atoms with van der Waals surface area (Å²) in [6.45, 7) is 4.49. The summed E-state index contributed by atoms with van der Waals surface area (Å²) >= 11 is 0. The van der Waals surface area contributed by atoms with Gasteiger partial charge < -0.3 is 5.32 Å². The lowest BCUT2D eigenvalue weighted by Crippen LogP contribution is -2.46. The van der Waals surface area contributed by atoms with E-state index < -0.39 is 0 Å². The SMILES string of the molecule is CC1CCNC(CC#N)CN1C1CCCCC1. The number of rotatable bonds is 2. The molecule has 2 aliphatic rings. The van der Waals surface area contributed by atoms with Crippen LogP contribution >= 0.6 is 0 Å². The highest BCUT2D eigenvalue weighted by Crippen LogP contribution is 2.26. The maximum Gasteiger partial charge on any atom is 0.0638 e. The van der Waals surface area contributed by atoms with Crippen LogP contribution in [0.2, 0.25) is 0 Å². The standard InChI is InChI=1S/C14H25N3/c1-12-8-10-16-13(7-9-15)11-17(12)14-5-3-2-4-6-14/h12-14,16H,2-8,10-11H2,1H3. The molecular weight excluding hydrogens is 210 g/mol. The molecule has 2 atom stereocenters. The third-order valence-corrected chi connectivity index (χ3v) is 4.37. The van der Waals surface area contributed by atoms with Gasteiger partial charge in [-0.1, -0.05) is 19.3 Å². The smallest absolute Gasteiger partial charge is 0.0638 e. The van der Waals surface area contributed by atoms with Gasteiger partial charge in [-0.15, -0.1) is 0 Å². The summed E-state index contributed by atoms with van der Waals surface area (Å²) in [4.78, 5) is 2.68. The van der Waals surface area contributed by atoms with Crippen LogP contribution in [-0.2, 0) is 0 Å². The molecule has 1 heterocycles. The quantitative estimate of drug-likeness (QED) is 0.798. The minimum absolute atomic E-state index is 0.381. The molecule has 0 aromatic rings. The largest absolute Gasteiger partial charge is 0.312 e. The van der Waals surface area contributed by atoms with E-state index in [1.54, 1.807) is 0 Å². The van der Waals surface area contributed by atoms with Gasteiger partial charge in [-0.3, -0.25) is 4.90 Å². The number of hydrogen-bond acceptors (Lipinski definition) is 3. The molecule has 1 saturated carbocycles. The van der Waals surface area contributed by atoms with Crippen molar-refractivity contribution in [3.8, 4) is 6.07 Å². The third kappa shape index (κ3) is 3.43. The lowest BCUT2D eigenvalue weighted by Gasteiger charge is -2.38. The van der Waals surface area contributed by atoms with E-state index >= 15 is 0 Å². The molecule has 96 valence electrons. The fraction of sp³-hybridized carbons (Fsp3) is 0.929. The molecule has 1 aliphatic heterocycles. The lowest BCUT2D eigenvalue weighted by molar-refractivity contribution is 0.110. The van der Waals surface area contributed by atoms with Gasteiger partial charge in [0.05, 0.1) is 12.5 Å². The number of nitrogens with one attached hydrogen (secondary N) is 1. The predicted octanol–water partition coefficient (Wildman–Crippen LogP) is 2.29. The van der Waals surface area contributed by atoms with E-state index in [0.29, 0.717) is 18.5 Å². The minimum Gasteiger partial charge on any atom is -0.312 e. The molecule has 2 rings (SSSR count). The van der Waals surface area contributed by atoms with Crippen molar-refractivity contribution in [3.63, 3.8) is 0 Å². The first-order valence-electron chi connectivity index (χ1n) is 7.17. The van der Waals surface area contributed by atoms with Gasteiger partial charge >= 0.3 is 0 Å². The fourth-order valence-electron chi connectivity index (χ4n) is 3.33. The molecule has 3 nitrogen and oxygen atoms in total. The Morgan fingerprint density at radius 3 is 2.71 bits per heavy atom. The molecule has 0 aromatic heterocycles. The molecule has 1 aliphatic carbocycles. The summed E-state index contributed by atoms with van der Waals surface area (Å²) in [6, 6.07) is 4.15. The molecule has 0 bridgehead atoms. The van der Waals surface area contributed by atoms with Gasteiger partial charge in [0.25, 0.3) is 0 Å². The Hall–Kier alpha value is -0.590. The Morgan fingerprint density at radius 2 is 2.00 bits per heavy atom. The van der Waals surface area contributed by atoms with Crippen LogP contribution in [0.4, 0.5) is 0 Å². The van der Waals surface area contributed by atoms with Gasteiger partial charge in [-0.05, 0) is 32.7 Å². The van der Waals surface area contributed by atoms with Crippen molar-refractivity contribution < 1.29 is 0 Å². The molecule has 0 radical (unpaired) electrons. The Bertz CT molecular complexity index is 265. The first-order valence-corrected chi connectivity index (χ1v) is 7.17. The van der Waals surface area contributed by atoms with Crippen LogP contribution in [0.25, 0.3) is 0 Å². The van der Waals surface area contributed by atoms with Crippen molar-refractivity contribution in [1.29, 1.82) is 5.26 Å². The van der Waals surface area contributed by atoms with Crippen molar-refractivity contribution in [2.24, 2.45) is 0 Å². The average molecular weight is 235 g/mol. The van der Waals surface area contributed by atoms with Crippen molar-refractivity contribution >= 4 is 0 Å². The summed E-state index contributed by atoms with van der Waals surface area (Å²) in [5.74, 6) is 0. The monoisotopic (exact) mass is 235 g/mol. The maximum atomic E-state index is 8.86. The minimum atomic E-state index is 0.381. The molecule has 3 heteroatoms. The Morgan fingerprint density at radius 1 is 1.24 bits per heavy atom. The predicted molar refractivity (Wildman–Crippen MR) is 69.7 cm³/mol. The molecular formula is C14H25N3. The summed E-state index contributed by atoms with van der Waals surface area (Å²) in [6.07, 6.45) is 8.80. The van der Waals surface area contributed by atoms with Crippen LogP contribution in [0.15, 0.2) is 0 Å². The summed E-state index contributed by atoms with van der Waals surface area (Å²) in [7, 11) is 0. The first-order chi connectivity index (χ1) is 8.31. The van der Waals surface area contributed by atoms with E-state index in [2.05, 4.69) is 23.2 Å². The lowest BCUT2D eigenvalue weighted by atomic mass is 9.92. The Balaban J connectivity index is 1.98. The highest BCUT2D eigenvalue weighted by atomic mass is 15.2. The van der Waals surface area contributed by atoms with Crippen molar-refractivity contribution in [2.75, 3.05) is 13.1 Å². The first kappa shape index (κ1) is 12.9. The van der Waals surface area contributed by atoms with E-state index in [-0.39, 0.29) is 0 Å². The third-order valence-electron chi connectivity index (χ3n) is 4.37. The summed E-state index contributed by atoms with van der Waals surface area (Å²) in [5, 5.41) is 12.4. The highest BCUT2D eigenvalue weighted by molar-refractivity contribution is 4.90. The zero-order chi connectivity index (χ0) is 12.1. The van der Waals surface area contributed by atoms with Gasteiger partial charge in [0.15, 0.2) is 0 Å². The summed E-state index contributed by atoms with van der Waals surface area (Å²) < 4.78 is 0. The van der Waals surface area contributed by atoms with Crippen molar-refractivity contribution in [3.05, 3.63) is 0 Å². The molecule has 1 saturated heterocycles. The van der Waals surface area contributed by atoms with Crippen LogP contribution in [0, 0.1) is 11.3 Å². The Kier molecular flexibility index (Phi) is 4.82. The van der Waals surface area contributed by atoms with Gasteiger partial charge in [0.1, 0.15) is 0 Å². The molecule has 0 aromatic carbocycles. The average Bonchev–Trinajstić information content (AvgIpc) is 2.53. The van der Waals surface area contributed by atoms with Crippen LogP contribution in [0.1, 0.15) is 51.9 Å². The van der Waals surface area contributed by atoms with Crippen LogP contribution < -0.4 is 5.32 Å². The molecule has 1 N–H and O–H groups in total. The van der Waals surface area contributed by atoms with Crippen LogP contribution in [0.3, 0.4) is 0 Å². The van der Waals surface area contributed by atoms with E-state index in [4.69, 9.17) is 5.26 Å². The number of hydrogen-bond donors (Lipinski definition) is 1. The molecule has 17 heavy (non-hydrogen) atoms. The van der Waals surface area contributed by atoms with Crippen LogP contribution in [0.5, 0.6) is 0 Å². The second-order valence-electron chi connectivity index (χ2n) is 5.64. The van der Waals surface area contributed by atoms with E-state index in [9.17, 15) is 0 Å². The molecule has 0 amide bonds. The molecule has 2 unspecified atom stereocenters. The van der Waals surface area contributed by atoms with Gasteiger partial charge in [0, 0.05) is 24.7 Å². The zero-order valence-corrected chi connectivity index (χ0v) is 11.0. The normalized spacial score (nSPS) is 32.9. The zero-order valence-electron chi connectivity index (χ0n) is 11.0. The second kappa shape index (κ2) is 6.37. The molecule has 0 spiro atoms. The Labute approximate surface area is 105 Å². The van der Waals surface area contributed by atoms with Gasteiger partial charge in [-0.2, -0.15) is 5.26 Å². The van der Waals surface area contributed by atoms with Gasteiger partial charge in [0.2, 0.25) is 0 Å². The fourth-order valence-corrected chi connectivity index (χ4v) is 3.33. The van der Waals surface area contributed by atoms with E-state index in [1.165, 1.54) is 38.5 Å².